The highest BCUT2D eigenvalue weighted by atomic mass is 32.2. The lowest BCUT2D eigenvalue weighted by Gasteiger charge is -2.18. The van der Waals surface area contributed by atoms with E-state index in [2.05, 4.69) is 82.4 Å². The van der Waals surface area contributed by atoms with E-state index in [1.807, 2.05) is 31.2 Å². The molecular weight excluding hydrogens is 430 g/mol. The number of aryl methyl sites for hydroxylation is 2. The first kappa shape index (κ1) is 22.7. The number of benzene rings is 3. The molecule has 4 rings (SSSR count). The van der Waals surface area contributed by atoms with Crippen LogP contribution in [0.2, 0.25) is 0 Å². The van der Waals surface area contributed by atoms with E-state index in [4.69, 9.17) is 0 Å². The Morgan fingerprint density at radius 2 is 1.64 bits per heavy atom. The van der Waals surface area contributed by atoms with Gasteiger partial charge in [-0.2, -0.15) is 4.68 Å². The molecule has 4 aromatic rings. The van der Waals surface area contributed by atoms with E-state index in [9.17, 15) is 4.79 Å². The average Bonchev–Trinajstić information content (AvgIpc) is 3.30. The van der Waals surface area contributed by atoms with E-state index >= 15 is 0 Å². The maximum absolute atomic E-state index is 12.5. The first-order chi connectivity index (χ1) is 16.1. The molecule has 33 heavy (non-hydrogen) atoms. The van der Waals surface area contributed by atoms with E-state index in [1.54, 1.807) is 4.68 Å². The zero-order chi connectivity index (χ0) is 23.0. The van der Waals surface area contributed by atoms with Crippen LogP contribution in [0.5, 0.6) is 0 Å². The van der Waals surface area contributed by atoms with Crippen LogP contribution in [0.15, 0.2) is 84.0 Å². The number of carbonyl (C=O) groups is 1. The first-order valence-electron chi connectivity index (χ1n) is 11.0. The van der Waals surface area contributed by atoms with Crippen LogP contribution < -0.4 is 5.32 Å². The average molecular weight is 458 g/mol. The van der Waals surface area contributed by atoms with Gasteiger partial charge in [-0.05, 0) is 53.5 Å². The van der Waals surface area contributed by atoms with Gasteiger partial charge in [0.1, 0.15) is 0 Å². The zero-order valence-corrected chi connectivity index (χ0v) is 19.6. The summed E-state index contributed by atoms with van der Waals surface area (Å²) in [4.78, 5) is 12.5. The highest BCUT2D eigenvalue weighted by Gasteiger charge is 2.16. The van der Waals surface area contributed by atoms with Gasteiger partial charge in [0.25, 0.3) is 0 Å². The lowest BCUT2D eigenvalue weighted by Crippen LogP contribution is -2.27. The molecule has 0 saturated carbocycles. The van der Waals surface area contributed by atoms with Gasteiger partial charge in [0.2, 0.25) is 11.1 Å². The quantitative estimate of drug-likeness (QED) is 0.369. The fourth-order valence-corrected chi connectivity index (χ4v) is 4.61. The van der Waals surface area contributed by atoms with Gasteiger partial charge in [-0.15, -0.1) is 5.10 Å². The third-order valence-electron chi connectivity index (χ3n) is 5.51. The molecule has 0 bridgehead atoms. The number of nitrogens with zero attached hydrogens (tertiary/aromatic N) is 4. The summed E-state index contributed by atoms with van der Waals surface area (Å²) < 4.78 is 1.69. The standard InChI is InChI=1S/C26H27N5OS/c1-19-13-14-24(20(2)17-19)31-26(28-29-30-31)33-18-25(32)27-16-15-23(21-9-5-3-6-10-21)22-11-7-4-8-12-22/h3-14,17,23H,15-16,18H2,1-2H3,(H,27,32). The predicted octanol–water partition coefficient (Wildman–Crippen LogP) is 4.71. The molecule has 0 fully saturated rings. The van der Waals surface area contributed by atoms with Crippen molar-refractivity contribution in [2.24, 2.45) is 0 Å². The Balaban J connectivity index is 1.34. The van der Waals surface area contributed by atoms with Crippen molar-refractivity contribution in [1.29, 1.82) is 0 Å². The number of amides is 1. The molecule has 0 aliphatic carbocycles. The predicted molar refractivity (Wildman–Crippen MR) is 132 cm³/mol. The molecule has 0 aliphatic heterocycles. The van der Waals surface area contributed by atoms with Crippen molar-refractivity contribution < 1.29 is 4.79 Å². The Labute approximate surface area is 198 Å². The molecule has 1 amide bonds. The monoisotopic (exact) mass is 457 g/mol. The minimum atomic E-state index is -0.0324. The van der Waals surface area contributed by atoms with Crippen molar-refractivity contribution in [3.05, 3.63) is 101 Å². The highest BCUT2D eigenvalue weighted by Crippen LogP contribution is 2.27. The molecule has 0 unspecified atom stereocenters. The van der Waals surface area contributed by atoms with Gasteiger partial charge < -0.3 is 5.32 Å². The molecule has 0 radical (unpaired) electrons. The van der Waals surface area contributed by atoms with Crippen LogP contribution in [0.1, 0.15) is 34.6 Å². The molecule has 168 valence electrons. The van der Waals surface area contributed by atoms with E-state index in [-0.39, 0.29) is 17.6 Å². The van der Waals surface area contributed by atoms with Crippen LogP contribution in [0.4, 0.5) is 0 Å². The molecule has 3 aromatic carbocycles. The number of thioether (sulfide) groups is 1. The highest BCUT2D eigenvalue weighted by molar-refractivity contribution is 7.99. The molecule has 1 N–H and O–H groups in total. The number of hydrogen-bond donors (Lipinski definition) is 1. The van der Waals surface area contributed by atoms with Gasteiger partial charge in [-0.25, -0.2) is 0 Å². The maximum atomic E-state index is 12.5. The summed E-state index contributed by atoms with van der Waals surface area (Å²) in [5.41, 5.74) is 5.69. The van der Waals surface area contributed by atoms with Crippen molar-refractivity contribution in [3.8, 4) is 5.69 Å². The second-order valence-electron chi connectivity index (χ2n) is 7.96. The smallest absolute Gasteiger partial charge is 0.230 e. The third kappa shape index (κ3) is 5.87. The molecular formula is C26H27N5OS. The van der Waals surface area contributed by atoms with Crippen LogP contribution in [0.25, 0.3) is 5.69 Å². The van der Waals surface area contributed by atoms with Gasteiger partial charge in [-0.3, -0.25) is 4.79 Å². The minimum Gasteiger partial charge on any atom is -0.355 e. The summed E-state index contributed by atoms with van der Waals surface area (Å²) in [6.45, 7) is 4.67. The normalized spacial score (nSPS) is 11.0. The summed E-state index contributed by atoms with van der Waals surface area (Å²) in [5.74, 6) is 0.458. The molecule has 0 atom stereocenters. The molecule has 0 aliphatic rings. The zero-order valence-electron chi connectivity index (χ0n) is 18.8. The fourth-order valence-electron chi connectivity index (χ4n) is 3.90. The summed E-state index contributed by atoms with van der Waals surface area (Å²) in [6.07, 6.45) is 0.824. The Bertz CT molecular complexity index is 1150. The molecule has 1 aromatic heterocycles. The van der Waals surface area contributed by atoms with Crippen LogP contribution in [-0.2, 0) is 4.79 Å². The van der Waals surface area contributed by atoms with Crippen LogP contribution in [-0.4, -0.2) is 38.4 Å². The summed E-state index contributed by atoms with van der Waals surface area (Å²) in [6, 6.07) is 27.0. The van der Waals surface area contributed by atoms with Crippen molar-refractivity contribution in [2.75, 3.05) is 12.3 Å². The van der Waals surface area contributed by atoms with Crippen molar-refractivity contribution in [1.82, 2.24) is 25.5 Å². The van der Waals surface area contributed by atoms with Gasteiger partial charge >= 0.3 is 0 Å². The lowest BCUT2D eigenvalue weighted by atomic mass is 9.88. The van der Waals surface area contributed by atoms with Crippen LogP contribution in [0, 0.1) is 13.8 Å². The van der Waals surface area contributed by atoms with Gasteiger partial charge in [0, 0.05) is 12.5 Å². The van der Waals surface area contributed by atoms with Crippen LogP contribution >= 0.6 is 11.8 Å². The topological polar surface area (TPSA) is 72.7 Å². The number of tetrazole rings is 1. The molecule has 1 heterocycles. The number of hydrogen-bond acceptors (Lipinski definition) is 5. The van der Waals surface area contributed by atoms with Gasteiger partial charge in [-0.1, -0.05) is 90.1 Å². The lowest BCUT2D eigenvalue weighted by molar-refractivity contribution is -0.118. The van der Waals surface area contributed by atoms with Gasteiger partial charge in [0.05, 0.1) is 11.4 Å². The van der Waals surface area contributed by atoms with E-state index in [0.29, 0.717) is 11.7 Å². The summed E-state index contributed by atoms with van der Waals surface area (Å²) in [7, 11) is 0. The summed E-state index contributed by atoms with van der Waals surface area (Å²) in [5, 5.41) is 15.7. The first-order valence-corrected chi connectivity index (χ1v) is 12.0. The largest absolute Gasteiger partial charge is 0.355 e. The molecule has 0 spiro atoms. The van der Waals surface area contributed by atoms with Crippen molar-refractivity contribution >= 4 is 17.7 Å². The van der Waals surface area contributed by atoms with E-state index < -0.39 is 0 Å². The SMILES string of the molecule is Cc1ccc(-n2nnnc2SCC(=O)NCCC(c2ccccc2)c2ccccc2)c(C)c1. The molecule has 0 saturated heterocycles. The Hall–Kier alpha value is -3.45. The second kappa shape index (κ2) is 10.9. The number of carbonyl (C=O) groups excluding carboxylic acids is 1. The summed E-state index contributed by atoms with van der Waals surface area (Å²) >= 11 is 1.34. The van der Waals surface area contributed by atoms with Gasteiger partial charge in [0.15, 0.2) is 0 Å². The Morgan fingerprint density at radius 3 is 2.27 bits per heavy atom. The molecule has 7 heteroatoms. The van der Waals surface area contributed by atoms with Crippen molar-refractivity contribution in [3.63, 3.8) is 0 Å². The fraction of sp³-hybridized carbons (Fsp3) is 0.231. The van der Waals surface area contributed by atoms with E-state index in [0.717, 1.165) is 17.7 Å². The maximum Gasteiger partial charge on any atom is 0.230 e. The Kier molecular flexibility index (Phi) is 7.52. The van der Waals surface area contributed by atoms with Crippen LogP contribution in [0.3, 0.4) is 0 Å². The third-order valence-corrected chi connectivity index (χ3v) is 6.43. The van der Waals surface area contributed by atoms with Crippen molar-refractivity contribution in [2.45, 2.75) is 31.3 Å². The Morgan fingerprint density at radius 1 is 0.970 bits per heavy atom. The number of nitrogens with one attached hydrogen (secondary N) is 1. The second-order valence-corrected chi connectivity index (χ2v) is 8.91. The minimum absolute atomic E-state index is 0.0324. The number of aromatic nitrogens is 4. The molecule has 6 nitrogen and oxygen atoms in total. The van der Waals surface area contributed by atoms with E-state index in [1.165, 1.54) is 28.5 Å². The number of rotatable bonds is 9.